The molecule has 144 valence electrons. The minimum atomic E-state index is -0.243. The number of nitrogens with zero attached hydrogens (tertiary/aromatic N) is 2. The number of hydrogen-bond donors (Lipinski definition) is 0. The van der Waals surface area contributed by atoms with Gasteiger partial charge in [0, 0.05) is 24.7 Å². The lowest BCUT2D eigenvalue weighted by atomic mass is 9.99. The van der Waals surface area contributed by atoms with E-state index in [0.717, 1.165) is 55.7 Å². The summed E-state index contributed by atoms with van der Waals surface area (Å²) in [7, 11) is 0. The maximum absolute atomic E-state index is 13.6. The summed E-state index contributed by atoms with van der Waals surface area (Å²) >= 11 is 0. The van der Waals surface area contributed by atoms with Gasteiger partial charge in [-0.15, -0.1) is 0 Å². The summed E-state index contributed by atoms with van der Waals surface area (Å²) in [6, 6.07) is 12.7. The monoisotopic (exact) mass is 368 g/mol. The number of aryl methyl sites for hydroxylation is 1. The molecule has 1 heterocycles. The van der Waals surface area contributed by atoms with Gasteiger partial charge in [0.1, 0.15) is 5.82 Å². The predicted octanol–water partition coefficient (Wildman–Crippen LogP) is 4.75. The fraction of sp³-hybridized carbons (Fsp3) is 0.435. The van der Waals surface area contributed by atoms with Crippen molar-refractivity contribution in [2.75, 3.05) is 26.2 Å². The van der Waals surface area contributed by atoms with Crippen LogP contribution in [0.5, 0.6) is 0 Å². The van der Waals surface area contributed by atoms with E-state index in [1.807, 2.05) is 36.1 Å². The first-order valence-electron chi connectivity index (χ1n) is 9.93. The SMILES string of the molecule is CCN(CC)C[C@@H]1CCCN1C(=O)c1ccc(-c2cc(F)ccc2C)cc1. The van der Waals surface area contributed by atoms with Crippen molar-refractivity contribution in [2.24, 2.45) is 0 Å². The average molecular weight is 368 g/mol. The fourth-order valence-corrected chi connectivity index (χ4v) is 3.94. The Hall–Kier alpha value is -2.20. The van der Waals surface area contributed by atoms with Crippen molar-refractivity contribution in [1.29, 1.82) is 0 Å². The van der Waals surface area contributed by atoms with Crippen molar-refractivity contribution in [3.63, 3.8) is 0 Å². The van der Waals surface area contributed by atoms with Crippen LogP contribution in [0.15, 0.2) is 42.5 Å². The van der Waals surface area contributed by atoms with Gasteiger partial charge in [0.2, 0.25) is 0 Å². The molecule has 4 heteroatoms. The molecular weight excluding hydrogens is 339 g/mol. The van der Waals surface area contributed by atoms with E-state index in [-0.39, 0.29) is 11.7 Å². The number of carbonyl (C=O) groups is 1. The number of amides is 1. The summed E-state index contributed by atoms with van der Waals surface area (Å²) in [5, 5.41) is 0. The van der Waals surface area contributed by atoms with Gasteiger partial charge in [0.25, 0.3) is 5.91 Å². The molecule has 2 aromatic carbocycles. The first-order chi connectivity index (χ1) is 13.0. The smallest absolute Gasteiger partial charge is 0.254 e. The van der Waals surface area contributed by atoms with Crippen molar-refractivity contribution < 1.29 is 9.18 Å². The molecule has 2 aromatic rings. The molecular formula is C23H29FN2O. The average Bonchev–Trinajstić information content (AvgIpc) is 3.15. The minimum absolute atomic E-state index is 0.104. The van der Waals surface area contributed by atoms with Gasteiger partial charge in [0.15, 0.2) is 0 Å². The Morgan fingerprint density at radius 3 is 2.52 bits per heavy atom. The number of likely N-dealkylation sites (tertiary alicyclic amines) is 1. The zero-order chi connectivity index (χ0) is 19.4. The van der Waals surface area contributed by atoms with Gasteiger partial charge in [-0.2, -0.15) is 0 Å². The first kappa shape index (κ1) is 19.6. The first-order valence-corrected chi connectivity index (χ1v) is 9.93. The van der Waals surface area contributed by atoms with Gasteiger partial charge in [-0.05, 0) is 73.8 Å². The Morgan fingerprint density at radius 1 is 1.15 bits per heavy atom. The Balaban J connectivity index is 1.76. The van der Waals surface area contributed by atoms with Crippen LogP contribution < -0.4 is 0 Å². The number of carbonyl (C=O) groups excluding carboxylic acids is 1. The predicted molar refractivity (Wildman–Crippen MR) is 108 cm³/mol. The molecule has 0 spiro atoms. The molecule has 1 aliphatic heterocycles. The fourth-order valence-electron chi connectivity index (χ4n) is 3.94. The van der Waals surface area contributed by atoms with Crippen molar-refractivity contribution in [2.45, 2.75) is 39.7 Å². The second-order valence-corrected chi connectivity index (χ2v) is 7.32. The van der Waals surface area contributed by atoms with Crippen LogP contribution in [0.3, 0.4) is 0 Å². The van der Waals surface area contributed by atoms with Gasteiger partial charge in [-0.1, -0.05) is 32.0 Å². The standard InChI is InChI=1S/C23H29FN2O/c1-4-25(5-2)16-21-7-6-14-26(21)23(27)19-11-9-18(10-12-19)22-15-20(24)13-8-17(22)3/h8-13,15,21H,4-7,14,16H2,1-3H3/t21-/m0/s1. The van der Waals surface area contributed by atoms with E-state index in [9.17, 15) is 9.18 Å². The van der Waals surface area contributed by atoms with Crippen LogP contribution in [-0.4, -0.2) is 47.9 Å². The third-order valence-electron chi connectivity index (χ3n) is 5.64. The molecule has 0 bridgehead atoms. The molecule has 0 aliphatic carbocycles. The molecule has 1 atom stereocenters. The van der Waals surface area contributed by atoms with E-state index >= 15 is 0 Å². The minimum Gasteiger partial charge on any atom is -0.334 e. The van der Waals surface area contributed by atoms with Crippen molar-refractivity contribution in [3.05, 3.63) is 59.4 Å². The number of rotatable bonds is 6. The van der Waals surface area contributed by atoms with E-state index < -0.39 is 0 Å². The summed E-state index contributed by atoms with van der Waals surface area (Å²) in [5.74, 6) is -0.140. The number of benzene rings is 2. The Bertz CT molecular complexity index is 783. The summed E-state index contributed by atoms with van der Waals surface area (Å²) < 4.78 is 13.6. The zero-order valence-corrected chi connectivity index (χ0v) is 16.5. The highest BCUT2D eigenvalue weighted by Crippen LogP contribution is 2.26. The van der Waals surface area contributed by atoms with Crippen LogP contribution >= 0.6 is 0 Å². The molecule has 3 rings (SSSR count). The van der Waals surface area contributed by atoms with Crippen LogP contribution in [0, 0.1) is 12.7 Å². The Kier molecular flexibility index (Phi) is 6.27. The molecule has 27 heavy (non-hydrogen) atoms. The molecule has 1 amide bonds. The molecule has 1 aliphatic rings. The maximum Gasteiger partial charge on any atom is 0.254 e. The number of likely N-dealkylation sites (N-methyl/N-ethyl adjacent to an activating group) is 1. The molecule has 0 radical (unpaired) electrons. The van der Waals surface area contributed by atoms with Gasteiger partial charge >= 0.3 is 0 Å². The van der Waals surface area contributed by atoms with Crippen LogP contribution in [0.1, 0.15) is 42.6 Å². The zero-order valence-electron chi connectivity index (χ0n) is 16.5. The molecule has 0 unspecified atom stereocenters. The van der Waals surface area contributed by atoms with Crippen LogP contribution in [0.4, 0.5) is 4.39 Å². The molecule has 1 saturated heterocycles. The molecule has 3 nitrogen and oxygen atoms in total. The third-order valence-corrected chi connectivity index (χ3v) is 5.64. The Morgan fingerprint density at radius 2 is 1.85 bits per heavy atom. The van der Waals surface area contributed by atoms with Crippen molar-refractivity contribution in [3.8, 4) is 11.1 Å². The third kappa shape index (κ3) is 4.38. The number of hydrogen-bond acceptors (Lipinski definition) is 2. The highest BCUT2D eigenvalue weighted by Gasteiger charge is 2.30. The second-order valence-electron chi connectivity index (χ2n) is 7.32. The van der Waals surface area contributed by atoms with Gasteiger partial charge in [-0.3, -0.25) is 4.79 Å². The lowest BCUT2D eigenvalue weighted by Crippen LogP contribution is -2.43. The largest absolute Gasteiger partial charge is 0.334 e. The van der Waals surface area contributed by atoms with E-state index in [1.165, 1.54) is 6.07 Å². The van der Waals surface area contributed by atoms with E-state index in [0.29, 0.717) is 11.6 Å². The van der Waals surface area contributed by atoms with Crippen molar-refractivity contribution in [1.82, 2.24) is 9.80 Å². The second kappa shape index (κ2) is 8.66. The summed E-state index contributed by atoms with van der Waals surface area (Å²) in [6.07, 6.45) is 2.14. The van der Waals surface area contributed by atoms with Gasteiger partial charge in [0.05, 0.1) is 0 Å². The van der Waals surface area contributed by atoms with Gasteiger partial charge in [-0.25, -0.2) is 4.39 Å². The van der Waals surface area contributed by atoms with E-state index in [2.05, 4.69) is 18.7 Å². The van der Waals surface area contributed by atoms with Crippen LogP contribution in [0.2, 0.25) is 0 Å². The highest BCUT2D eigenvalue weighted by molar-refractivity contribution is 5.95. The lowest BCUT2D eigenvalue weighted by Gasteiger charge is -2.29. The summed E-state index contributed by atoms with van der Waals surface area (Å²) in [4.78, 5) is 17.4. The maximum atomic E-state index is 13.6. The molecule has 0 N–H and O–H groups in total. The normalized spacial score (nSPS) is 16.9. The summed E-state index contributed by atoms with van der Waals surface area (Å²) in [6.45, 7) is 10.1. The van der Waals surface area contributed by atoms with Crippen LogP contribution in [-0.2, 0) is 0 Å². The topological polar surface area (TPSA) is 23.6 Å². The van der Waals surface area contributed by atoms with E-state index in [4.69, 9.17) is 0 Å². The Labute approximate surface area is 161 Å². The lowest BCUT2D eigenvalue weighted by molar-refractivity contribution is 0.0704. The molecule has 0 saturated carbocycles. The van der Waals surface area contributed by atoms with Crippen molar-refractivity contribution >= 4 is 5.91 Å². The van der Waals surface area contributed by atoms with Gasteiger partial charge < -0.3 is 9.80 Å². The van der Waals surface area contributed by atoms with Crippen LogP contribution in [0.25, 0.3) is 11.1 Å². The molecule has 0 aromatic heterocycles. The number of halogens is 1. The molecule has 1 fully saturated rings. The van der Waals surface area contributed by atoms with E-state index in [1.54, 1.807) is 12.1 Å². The summed E-state index contributed by atoms with van der Waals surface area (Å²) in [5.41, 5.74) is 3.54. The quantitative estimate of drug-likeness (QED) is 0.735. The highest BCUT2D eigenvalue weighted by atomic mass is 19.1.